The molecule has 0 saturated carbocycles. The first-order valence-electron chi connectivity index (χ1n) is 28.5. The van der Waals surface area contributed by atoms with Crippen LogP contribution >= 0.6 is 0 Å². The summed E-state index contributed by atoms with van der Waals surface area (Å²) in [5.74, 6) is -0.308. The van der Waals surface area contributed by atoms with E-state index in [-0.39, 0.29) is 18.9 Å². The Morgan fingerprint density at radius 2 is 0.661 bits per heavy atom. The average molecular weight is 877 g/mol. The van der Waals surface area contributed by atoms with Gasteiger partial charge < -0.3 is 20.6 Å². The Morgan fingerprint density at radius 3 is 0.935 bits per heavy atom. The van der Waals surface area contributed by atoms with Crippen molar-refractivity contribution >= 4 is 5.91 Å². The fourth-order valence-corrected chi connectivity index (χ4v) is 9.23. The van der Waals surface area contributed by atoms with E-state index in [0.29, 0.717) is 6.42 Å². The van der Waals surface area contributed by atoms with Crippen LogP contribution < -0.4 is 5.32 Å². The van der Waals surface area contributed by atoms with Gasteiger partial charge in [-0.1, -0.05) is 309 Å². The van der Waals surface area contributed by atoms with E-state index in [1.54, 1.807) is 6.08 Å². The van der Waals surface area contributed by atoms with Crippen LogP contribution in [0.3, 0.4) is 0 Å². The first-order chi connectivity index (χ1) is 30.5. The number of carbonyl (C=O) groups excluding carboxylic acids is 1. The second-order valence-corrected chi connectivity index (χ2v) is 19.9. The van der Waals surface area contributed by atoms with Gasteiger partial charge in [-0.25, -0.2) is 0 Å². The van der Waals surface area contributed by atoms with Crippen molar-refractivity contribution in [3.8, 4) is 0 Å². The second kappa shape index (κ2) is 52.7. The lowest BCUT2D eigenvalue weighted by atomic mass is 10.0. The Morgan fingerprint density at radius 1 is 0.403 bits per heavy atom. The highest BCUT2D eigenvalue weighted by Crippen LogP contribution is 2.18. The molecule has 0 spiro atoms. The largest absolute Gasteiger partial charge is 0.394 e. The van der Waals surface area contributed by atoms with Crippen LogP contribution in [0.5, 0.6) is 0 Å². The number of allylic oxidation sites excluding steroid dienone is 1. The number of aliphatic hydroxyl groups is 3. The van der Waals surface area contributed by atoms with E-state index >= 15 is 0 Å². The number of amides is 1. The van der Waals surface area contributed by atoms with Crippen LogP contribution in [0.15, 0.2) is 12.2 Å². The number of aliphatic hydroxyl groups excluding tert-OH is 3. The first kappa shape index (κ1) is 61.1. The summed E-state index contributed by atoms with van der Waals surface area (Å²) >= 11 is 0. The van der Waals surface area contributed by atoms with Crippen molar-refractivity contribution in [3.05, 3.63) is 12.2 Å². The van der Waals surface area contributed by atoms with Crippen molar-refractivity contribution in [2.24, 2.45) is 0 Å². The normalized spacial score (nSPS) is 13.3. The Balaban J connectivity index is 3.51. The van der Waals surface area contributed by atoms with Gasteiger partial charge in [-0.15, -0.1) is 0 Å². The Hall–Kier alpha value is -0.910. The lowest BCUT2D eigenvalue weighted by Crippen LogP contribution is -2.45. The van der Waals surface area contributed by atoms with Crippen LogP contribution in [-0.2, 0) is 4.79 Å². The molecule has 0 aromatic heterocycles. The summed E-state index contributed by atoms with van der Waals surface area (Å²) in [7, 11) is 0. The van der Waals surface area contributed by atoms with Crippen LogP contribution in [0, 0.1) is 0 Å². The van der Waals surface area contributed by atoms with Crippen LogP contribution in [0.4, 0.5) is 0 Å². The molecule has 0 heterocycles. The molecular formula is C57H113NO4. The summed E-state index contributed by atoms with van der Waals surface area (Å²) in [6.07, 6.45) is 65.5. The van der Waals surface area contributed by atoms with E-state index < -0.39 is 18.2 Å². The molecule has 0 rings (SSSR count). The highest BCUT2D eigenvalue weighted by atomic mass is 16.3. The molecule has 62 heavy (non-hydrogen) atoms. The van der Waals surface area contributed by atoms with Gasteiger partial charge in [0.1, 0.15) is 0 Å². The molecule has 370 valence electrons. The lowest BCUT2D eigenvalue weighted by molar-refractivity contribution is -0.124. The van der Waals surface area contributed by atoms with E-state index in [9.17, 15) is 20.1 Å². The number of nitrogens with one attached hydrogen (secondary N) is 1. The fraction of sp³-hybridized carbons (Fsp3) is 0.947. The van der Waals surface area contributed by atoms with Crippen molar-refractivity contribution in [2.45, 2.75) is 340 Å². The summed E-state index contributed by atoms with van der Waals surface area (Å²) in [6, 6.07) is -0.741. The number of hydrogen-bond acceptors (Lipinski definition) is 4. The van der Waals surface area contributed by atoms with E-state index in [4.69, 9.17) is 0 Å². The third kappa shape index (κ3) is 48.5. The molecule has 1 amide bonds. The highest BCUT2D eigenvalue weighted by molar-refractivity contribution is 5.76. The average Bonchev–Trinajstić information content (AvgIpc) is 3.27. The minimum absolute atomic E-state index is 0.0195. The van der Waals surface area contributed by atoms with Crippen molar-refractivity contribution < 1.29 is 20.1 Å². The Bertz CT molecular complexity index is 879. The predicted octanol–water partition coefficient (Wildman–Crippen LogP) is 17.5. The van der Waals surface area contributed by atoms with Gasteiger partial charge in [0.05, 0.1) is 31.3 Å². The molecule has 3 unspecified atom stereocenters. The molecule has 5 heteroatoms. The minimum atomic E-state index is -0.926. The molecule has 3 atom stereocenters. The topological polar surface area (TPSA) is 89.8 Å². The molecule has 0 aliphatic rings. The van der Waals surface area contributed by atoms with Crippen LogP contribution in [0.1, 0.15) is 322 Å². The third-order valence-electron chi connectivity index (χ3n) is 13.6. The Labute approximate surface area is 389 Å². The number of unbranched alkanes of at least 4 members (excludes halogenated alkanes) is 44. The summed E-state index contributed by atoms with van der Waals surface area (Å²) < 4.78 is 0. The zero-order chi connectivity index (χ0) is 45.1. The molecule has 0 bridgehead atoms. The van der Waals surface area contributed by atoms with Crippen LogP contribution in [0.2, 0.25) is 0 Å². The van der Waals surface area contributed by atoms with Crippen molar-refractivity contribution in [1.82, 2.24) is 5.32 Å². The van der Waals surface area contributed by atoms with Crippen molar-refractivity contribution in [2.75, 3.05) is 6.61 Å². The van der Waals surface area contributed by atoms with E-state index in [1.165, 1.54) is 270 Å². The van der Waals surface area contributed by atoms with E-state index in [2.05, 4.69) is 19.2 Å². The van der Waals surface area contributed by atoms with E-state index in [0.717, 1.165) is 25.7 Å². The number of rotatable bonds is 53. The molecule has 0 radical (unpaired) electrons. The lowest BCUT2D eigenvalue weighted by Gasteiger charge is -2.21. The molecule has 0 aliphatic heterocycles. The zero-order valence-electron chi connectivity index (χ0n) is 42.3. The van der Waals surface area contributed by atoms with Gasteiger partial charge >= 0.3 is 0 Å². The van der Waals surface area contributed by atoms with Gasteiger partial charge in [0.15, 0.2) is 0 Å². The second-order valence-electron chi connectivity index (χ2n) is 19.9. The highest BCUT2D eigenvalue weighted by Gasteiger charge is 2.20. The van der Waals surface area contributed by atoms with Gasteiger partial charge in [-0.05, 0) is 19.3 Å². The standard InChI is InChI=1S/C57H113NO4/c1-3-5-7-9-11-13-15-17-19-21-23-24-25-26-27-28-29-30-31-33-34-36-38-40-42-44-46-48-50-54(60)52-57(62)58-55(53-59)56(61)51-49-47-45-43-41-39-37-35-32-22-20-18-16-14-12-10-8-6-4-2/h49,51,54-56,59-61H,3-48,50,52-53H2,1-2H3,(H,58,62)/b51-49+. The molecule has 5 nitrogen and oxygen atoms in total. The van der Waals surface area contributed by atoms with Gasteiger partial charge in [0, 0.05) is 0 Å². The maximum Gasteiger partial charge on any atom is 0.222 e. The van der Waals surface area contributed by atoms with Gasteiger partial charge in [-0.3, -0.25) is 4.79 Å². The summed E-state index contributed by atoms with van der Waals surface area (Å²) in [5.41, 5.74) is 0. The number of hydrogen-bond donors (Lipinski definition) is 4. The van der Waals surface area contributed by atoms with Gasteiger partial charge in [0.25, 0.3) is 0 Å². The molecule has 0 saturated heterocycles. The summed E-state index contributed by atoms with van der Waals surface area (Å²) in [5, 5.41) is 33.5. The third-order valence-corrected chi connectivity index (χ3v) is 13.6. The Kier molecular flexibility index (Phi) is 51.9. The van der Waals surface area contributed by atoms with Crippen LogP contribution in [0.25, 0.3) is 0 Å². The van der Waals surface area contributed by atoms with Gasteiger partial charge in [-0.2, -0.15) is 0 Å². The molecular weight excluding hydrogens is 763 g/mol. The summed E-state index contributed by atoms with van der Waals surface area (Å²) in [6.45, 7) is 4.26. The molecule has 0 aromatic carbocycles. The minimum Gasteiger partial charge on any atom is -0.394 e. The van der Waals surface area contributed by atoms with Crippen LogP contribution in [-0.4, -0.2) is 46.1 Å². The smallest absolute Gasteiger partial charge is 0.222 e. The first-order valence-corrected chi connectivity index (χ1v) is 28.5. The predicted molar refractivity (Wildman–Crippen MR) is 273 cm³/mol. The maximum absolute atomic E-state index is 12.5. The van der Waals surface area contributed by atoms with Crippen molar-refractivity contribution in [1.29, 1.82) is 0 Å². The number of carbonyl (C=O) groups is 1. The fourth-order valence-electron chi connectivity index (χ4n) is 9.23. The summed E-state index contributed by atoms with van der Waals surface area (Å²) in [4.78, 5) is 12.5. The van der Waals surface area contributed by atoms with Gasteiger partial charge in [0.2, 0.25) is 5.91 Å². The van der Waals surface area contributed by atoms with E-state index in [1.807, 2.05) is 6.08 Å². The maximum atomic E-state index is 12.5. The zero-order valence-corrected chi connectivity index (χ0v) is 42.3. The molecule has 0 aromatic rings. The molecule has 0 fully saturated rings. The monoisotopic (exact) mass is 876 g/mol. The SMILES string of the molecule is CCCCCCCCCCCCCCCCCCC/C=C/C(O)C(CO)NC(=O)CC(O)CCCCCCCCCCCCCCCCCCCCCCCCCCCCCC. The quantitative estimate of drug-likeness (QED) is 0.0362. The van der Waals surface area contributed by atoms with Crippen molar-refractivity contribution in [3.63, 3.8) is 0 Å². The molecule has 4 N–H and O–H groups in total. The molecule has 0 aliphatic carbocycles.